The van der Waals surface area contributed by atoms with E-state index in [0.717, 1.165) is 25.9 Å². The number of amides is 1. The number of hydrogen-bond acceptors (Lipinski definition) is 9. The van der Waals surface area contributed by atoms with Gasteiger partial charge in [0.2, 0.25) is 0 Å². The summed E-state index contributed by atoms with van der Waals surface area (Å²) in [7, 11) is 0. The Labute approximate surface area is 221 Å². The van der Waals surface area contributed by atoms with Gasteiger partial charge in [-0.25, -0.2) is 4.79 Å². The standard InChI is InChI=1S/C28H34N2O8/c1-25(2,3)27(35)13-18-26(14-19(31)36-18)24(34)38-23-28(26,27)20(37-22(33)17-7-5-4-6-8-17)21(32)30(23)15-16-9-11-29-12-10-16/h4-8,16,18,20,23,29,35H,9-15H2,1-3H3/t18-,20-,23-,26-,27+,28?/m0/s1. The molecule has 5 fully saturated rings. The van der Waals surface area contributed by atoms with E-state index in [0.29, 0.717) is 0 Å². The van der Waals surface area contributed by atoms with Gasteiger partial charge in [-0.1, -0.05) is 39.0 Å². The van der Waals surface area contributed by atoms with Gasteiger partial charge >= 0.3 is 17.9 Å². The number of piperidine rings is 1. The van der Waals surface area contributed by atoms with E-state index < -0.39 is 64.1 Å². The smallest absolute Gasteiger partial charge is 0.338 e. The third-order valence-electron chi connectivity index (χ3n) is 9.72. The lowest BCUT2D eigenvalue weighted by Crippen LogP contribution is -2.66. The molecule has 1 aromatic carbocycles. The monoisotopic (exact) mass is 526 g/mol. The number of aliphatic hydroxyl groups is 1. The number of carbonyl (C=O) groups is 4. The Morgan fingerprint density at radius 3 is 2.47 bits per heavy atom. The molecule has 1 amide bonds. The molecule has 1 aliphatic carbocycles. The summed E-state index contributed by atoms with van der Waals surface area (Å²) in [6.07, 6.45) is -2.51. The highest BCUT2D eigenvalue weighted by molar-refractivity contribution is 5.99. The second kappa shape index (κ2) is 8.26. The van der Waals surface area contributed by atoms with Gasteiger partial charge in [0.1, 0.15) is 16.9 Å². The molecule has 0 bridgehead atoms. The van der Waals surface area contributed by atoms with Crippen LogP contribution in [0.3, 0.4) is 0 Å². The predicted octanol–water partition coefficient (Wildman–Crippen LogP) is 1.41. The maximum absolute atomic E-state index is 14.3. The second-order valence-electron chi connectivity index (χ2n) is 12.4. The number of ether oxygens (including phenoxy) is 3. The fraction of sp³-hybridized carbons (Fsp3) is 0.643. The molecule has 10 nitrogen and oxygen atoms in total. The number of hydrogen-bond donors (Lipinski definition) is 2. The summed E-state index contributed by atoms with van der Waals surface area (Å²) >= 11 is 0. The molecule has 1 aromatic rings. The molecular weight excluding hydrogens is 492 g/mol. The van der Waals surface area contributed by atoms with Crippen molar-refractivity contribution in [1.29, 1.82) is 0 Å². The molecule has 6 rings (SSSR count). The molecule has 2 N–H and O–H groups in total. The van der Waals surface area contributed by atoms with Crippen LogP contribution in [0.1, 0.15) is 56.8 Å². The van der Waals surface area contributed by atoms with Crippen molar-refractivity contribution in [3.05, 3.63) is 35.9 Å². The summed E-state index contributed by atoms with van der Waals surface area (Å²) in [5.41, 5.74) is -5.80. The van der Waals surface area contributed by atoms with Crippen molar-refractivity contribution in [3.63, 3.8) is 0 Å². The first-order valence-corrected chi connectivity index (χ1v) is 13.4. The molecule has 4 heterocycles. The zero-order chi connectivity index (χ0) is 27.1. The molecule has 4 saturated heterocycles. The molecule has 38 heavy (non-hydrogen) atoms. The van der Waals surface area contributed by atoms with Crippen LogP contribution in [0, 0.1) is 22.2 Å². The molecule has 4 aliphatic heterocycles. The minimum Gasteiger partial charge on any atom is -0.461 e. The molecule has 5 aliphatic rings. The predicted molar refractivity (Wildman–Crippen MR) is 131 cm³/mol. The summed E-state index contributed by atoms with van der Waals surface area (Å²) in [5, 5.41) is 16.0. The third kappa shape index (κ3) is 3.01. The van der Waals surface area contributed by atoms with Crippen molar-refractivity contribution in [2.24, 2.45) is 22.2 Å². The van der Waals surface area contributed by atoms with E-state index in [1.165, 1.54) is 4.90 Å². The molecule has 0 radical (unpaired) electrons. The Morgan fingerprint density at radius 2 is 1.82 bits per heavy atom. The van der Waals surface area contributed by atoms with E-state index in [2.05, 4.69) is 5.32 Å². The first kappa shape index (κ1) is 25.3. The Hall–Kier alpha value is -2.98. The van der Waals surface area contributed by atoms with E-state index in [9.17, 15) is 24.3 Å². The van der Waals surface area contributed by atoms with Crippen LogP contribution in [-0.2, 0) is 28.6 Å². The minimum absolute atomic E-state index is 0.0678. The van der Waals surface area contributed by atoms with Gasteiger partial charge in [-0.3, -0.25) is 14.4 Å². The van der Waals surface area contributed by atoms with Crippen molar-refractivity contribution < 1.29 is 38.5 Å². The molecule has 6 atom stereocenters. The lowest BCUT2D eigenvalue weighted by Gasteiger charge is -2.51. The van der Waals surface area contributed by atoms with E-state index in [4.69, 9.17) is 14.2 Å². The zero-order valence-electron chi connectivity index (χ0n) is 21.9. The summed E-state index contributed by atoms with van der Waals surface area (Å²) in [4.78, 5) is 55.7. The van der Waals surface area contributed by atoms with Crippen molar-refractivity contribution in [1.82, 2.24) is 10.2 Å². The Bertz CT molecular complexity index is 1190. The lowest BCUT2D eigenvalue weighted by molar-refractivity contribution is -0.212. The first-order valence-electron chi connectivity index (χ1n) is 13.4. The van der Waals surface area contributed by atoms with Crippen LogP contribution in [-0.4, -0.2) is 77.5 Å². The van der Waals surface area contributed by atoms with E-state index in [1.807, 2.05) is 20.8 Å². The van der Waals surface area contributed by atoms with Crippen molar-refractivity contribution >= 4 is 23.8 Å². The highest BCUT2D eigenvalue weighted by atomic mass is 16.6. The van der Waals surface area contributed by atoms with Crippen molar-refractivity contribution in [3.8, 4) is 0 Å². The minimum atomic E-state index is -1.75. The highest BCUT2D eigenvalue weighted by Gasteiger charge is 2.93. The summed E-state index contributed by atoms with van der Waals surface area (Å²) in [5.74, 6) is -2.42. The summed E-state index contributed by atoms with van der Waals surface area (Å²) in [6.45, 7) is 7.33. The average Bonchev–Trinajstić information content (AvgIpc) is 3.49. The van der Waals surface area contributed by atoms with Gasteiger partial charge in [-0.15, -0.1) is 0 Å². The van der Waals surface area contributed by atoms with Crippen LogP contribution < -0.4 is 5.32 Å². The summed E-state index contributed by atoms with van der Waals surface area (Å²) in [6, 6.07) is 8.27. The van der Waals surface area contributed by atoms with Crippen LogP contribution in [0.5, 0.6) is 0 Å². The summed E-state index contributed by atoms with van der Waals surface area (Å²) < 4.78 is 17.7. The molecule has 10 heteroatoms. The maximum atomic E-state index is 14.3. The van der Waals surface area contributed by atoms with Gasteiger partial charge < -0.3 is 29.5 Å². The normalized spacial score (nSPS) is 38.5. The van der Waals surface area contributed by atoms with E-state index in [1.54, 1.807) is 30.3 Å². The fourth-order valence-corrected chi connectivity index (χ4v) is 7.87. The molecule has 2 spiro atoms. The topological polar surface area (TPSA) is 131 Å². The van der Waals surface area contributed by atoms with Crippen LogP contribution in [0.2, 0.25) is 0 Å². The molecule has 0 aromatic heterocycles. The fourth-order valence-electron chi connectivity index (χ4n) is 7.87. The largest absolute Gasteiger partial charge is 0.461 e. The van der Waals surface area contributed by atoms with E-state index >= 15 is 0 Å². The van der Waals surface area contributed by atoms with E-state index in [-0.39, 0.29) is 30.9 Å². The highest BCUT2D eigenvalue weighted by Crippen LogP contribution is 2.76. The van der Waals surface area contributed by atoms with Crippen molar-refractivity contribution in [2.75, 3.05) is 19.6 Å². The first-order chi connectivity index (χ1) is 18.0. The number of carbonyl (C=O) groups excluding carboxylic acids is 4. The quantitative estimate of drug-likeness (QED) is 0.442. The molecule has 1 saturated carbocycles. The maximum Gasteiger partial charge on any atom is 0.338 e. The number of esters is 3. The van der Waals surface area contributed by atoms with Gasteiger partial charge in [-0.2, -0.15) is 0 Å². The number of rotatable bonds is 4. The van der Waals surface area contributed by atoms with Crippen LogP contribution in [0.4, 0.5) is 0 Å². The van der Waals surface area contributed by atoms with Gasteiger partial charge in [0.15, 0.2) is 12.3 Å². The lowest BCUT2D eigenvalue weighted by atomic mass is 9.52. The Morgan fingerprint density at radius 1 is 1.13 bits per heavy atom. The van der Waals surface area contributed by atoms with Gasteiger partial charge in [-0.05, 0) is 49.4 Å². The number of nitrogens with zero attached hydrogens (tertiary/aromatic N) is 1. The Kier molecular flexibility index (Phi) is 5.50. The van der Waals surface area contributed by atoms with Gasteiger partial charge in [0.25, 0.3) is 5.91 Å². The van der Waals surface area contributed by atoms with Gasteiger partial charge in [0.05, 0.1) is 17.6 Å². The molecular formula is C28H34N2O8. The van der Waals surface area contributed by atoms with Crippen LogP contribution >= 0.6 is 0 Å². The second-order valence-corrected chi connectivity index (χ2v) is 12.4. The molecule has 1 unspecified atom stereocenters. The number of likely N-dealkylation sites (tertiary alicyclic amines) is 1. The Balaban J connectivity index is 1.53. The van der Waals surface area contributed by atoms with Crippen LogP contribution in [0.15, 0.2) is 30.3 Å². The van der Waals surface area contributed by atoms with Crippen molar-refractivity contribution in [2.45, 2.75) is 70.5 Å². The van der Waals surface area contributed by atoms with Gasteiger partial charge in [0, 0.05) is 13.0 Å². The SMILES string of the molecule is CC(C)(C)[C@]1(O)C[C@@H]2OC(=O)C[C@@]23C(=O)O[C@@H]2N(CC4CCNCC4)C(=O)[C@H](OC(=O)c4ccccc4)C213. The third-order valence-corrected chi connectivity index (χ3v) is 9.72. The van der Waals surface area contributed by atoms with Crippen LogP contribution in [0.25, 0.3) is 0 Å². The average molecular weight is 527 g/mol. The zero-order valence-corrected chi connectivity index (χ0v) is 21.9. The number of nitrogens with one attached hydrogen (secondary N) is 1. The molecule has 204 valence electrons. The number of benzene rings is 1.